The minimum Gasteiger partial charge on any atom is -0.408 e. The first-order chi connectivity index (χ1) is 7.93. The lowest BCUT2D eigenvalue weighted by molar-refractivity contribution is 0.202. The number of amides is 1. The molecule has 1 N–H and O–H groups in total. The van der Waals surface area contributed by atoms with Crippen molar-refractivity contribution in [2.45, 2.75) is 12.8 Å². The van der Waals surface area contributed by atoms with E-state index >= 15 is 0 Å². The molecule has 0 heterocycles. The molecule has 17 heavy (non-hydrogen) atoms. The van der Waals surface area contributed by atoms with Gasteiger partial charge in [0.15, 0.2) is 5.75 Å². The third-order valence-electron chi connectivity index (χ3n) is 2.18. The quantitative estimate of drug-likeness (QED) is 0.648. The van der Waals surface area contributed by atoms with Gasteiger partial charge in [-0.15, -0.1) is 11.6 Å². The van der Waals surface area contributed by atoms with E-state index in [9.17, 15) is 4.79 Å². The van der Waals surface area contributed by atoms with E-state index in [1.54, 1.807) is 6.92 Å². The molecule has 1 aromatic rings. The molecule has 0 bridgehead atoms. The minimum absolute atomic E-state index is 0.0895. The van der Waals surface area contributed by atoms with Crippen LogP contribution >= 0.6 is 46.4 Å². The average Bonchev–Trinajstić information content (AvgIpc) is 2.32. The van der Waals surface area contributed by atoms with Gasteiger partial charge < -0.3 is 10.1 Å². The summed E-state index contributed by atoms with van der Waals surface area (Å²) in [6.07, 6.45) is -0.645. The predicted molar refractivity (Wildman–Crippen MR) is 70.8 cm³/mol. The first-order valence-electron chi connectivity index (χ1n) is 4.55. The molecule has 1 aromatic carbocycles. The van der Waals surface area contributed by atoms with E-state index in [2.05, 4.69) is 5.32 Å². The van der Waals surface area contributed by atoms with Crippen LogP contribution in [0, 0.1) is 6.92 Å². The molecule has 0 spiro atoms. The number of hydrogen-bond acceptors (Lipinski definition) is 2. The molecule has 0 fully saturated rings. The van der Waals surface area contributed by atoms with E-state index < -0.39 is 6.09 Å². The predicted octanol–water partition coefficient (Wildman–Crippen LogP) is 4.41. The highest BCUT2D eigenvalue weighted by Crippen LogP contribution is 2.43. The van der Waals surface area contributed by atoms with Gasteiger partial charge in [0.1, 0.15) is 5.02 Å². The number of ether oxygens (including phenoxy) is 1. The van der Waals surface area contributed by atoms with Crippen molar-refractivity contribution in [3.05, 3.63) is 26.2 Å². The van der Waals surface area contributed by atoms with E-state index in [0.29, 0.717) is 11.1 Å². The van der Waals surface area contributed by atoms with Crippen LogP contribution in [0.25, 0.3) is 0 Å². The van der Waals surface area contributed by atoms with Crippen molar-refractivity contribution in [1.82, 2.24) is 5.32 Å². The first kappa shape index (κ1) is 14.7. The van der Waals surface area contributed by atoms with Crippen LogP contribution < -0.4 is 10.1 Å². The van der Waals surface area contributed by atoms with Crippen molar-refractivity contribution < 1.29 is 9.53 Å². The highest BCUT2D eigenvalue weighted by Gasteiger charge is 2.21. The zero-order valence-electron chi connectivity index (χ0n) is 9.04. The fourth-order valence-electron chi connectivity index (χ4n) is 1.22. The fraction of sp³-hybridized carbons (Fsp3) is 0.300. The van der Waals surface area contributed by atoms with Crippen LogP contribution in [0.3, 0.4) is 0 Å². The van der Waals surface area contributed by atoms with Crippen LogP contribution in [0.5, 0.6) is 5.75 Å². The number of nitrogens with one attached hydrogen (secondary N) is 1. The molecule has 0 aliphatic carbocycles. The van der Waals surface area contributed by atoms with Crippen LogP contribution in [0.4, 0.5) is 4.79 Å². The monoisotopic (exact) mass is 315 g/mol. The Morgan fingerprint density at radius 3 is 2.29 bits per heavy atom. The van der Waals surface area contributed by atoms with Crippen LogP contribution in [-0.4, -0.2) is 13.1 Å². The van der Waals surface area contributed by atoms with Gasteiger partial charge in [-0.05, 0) is 18.1 Å². The molecule has 1 amide bonds. The highest BCUT2D eigenvalue weighted by molar-refractivity contribution is 6.49. The molecule has 3 nitrogen and oxygen atoms in total. The molecule has 0 saturated carbocycles. The number of benzene rings is 1. The number of carbonyl (C=O) groups is 1. The van der Waals surface area contributed by atoms with Gasteiger partial charge in [0.2, 0.25) is 0 Å². The molecule has 94 valence electrons. The van der Waals surface area contributed by atoms with Gasteiger partial charge in [0.05, 0.1) is 10.0 Å². The highest BCUT2D eigenvalue weighted by atomic mass is 35.5. The van der Waals surface area contributed by atoms with Gasteiger partial charge in [-0.1, -0.05) is 34.8 Å². The van der Waals surface area contributed by atoms with E-state index in [4.69, 9.17) is 51.1 Å². The summed E-state index contributed by atoms with van der Waals surface area (Å²) >= 11 is 23.7. The molecule has 0 radical (unpaired) electrons. The number of rotatable bonds is 2. The maximum absolute atomic E-state index is 11.2. The maximum atomic E-state index is 11.2. The minimum atomic E-state index is -0.645. The van der Waals surface area contributed by atoms with Crippen molar-refractivity contribution in [3.63, 3.8) is 0 Å². The molecule has 0 aliphatic rings. The summed E-state index contributed by atoms with van der Waals surface area (Å²) in [5.74, 6) is 0.308. The molecule has 0 saturated heterocycles. The van der Waals surface area contributed by atoms with E-state index in [1.807, 2.05) is 0 Å². The lowest BCUT2D eigenvalue weighted by Gasteiger charge is -2.15. The van der Waals surface area contributed by atoms with E-state index in [0.717, 1.165) is 0 Å². The molecular weight excluding hydrogens is 308 g/mol. The first-order valence-corrected chi connectivity index (χ1v) is 6.22. The van der Waals surface area contributed by atoms with Crippen LogP contribution in [0.2, 0.25) is 15.1 Å². The summed E-state index contributed by atoms with van der Waals surface area (Å²) in [6, 6.07) is 0. The van der Waals surface area contributed by atoms with Gasteiger partial charge in [-0.3, -0.25) is 0 Å². The standard InChI is InChI=1S/C10H9Cl4NO2/c1-4-5(3-11)6(12)7(13)8(14)9(4)17-10(16)15-2/h3H2,1-2H3,(H,15,16). The Bertz CT molecular complexity index is 462. The van der Waals surface area contributed by atoms with Crippen molar-refractivity contribution in [1.29, 1.82) is 0 Å². The zero-order chi connectivity index (χ0) is 13.2. The lowest BCUT2D eigenvalue weighted by atomic mass is 10.1. The van der Waals surface area contributed by atoms with Crippen molar-refractivity contribution in [3.8, 4) is 5.75 Å². The largest absolute Gasteiger partial charge is 0.412 e. The molecule has 7 heteroatoms. The van der Waals surface area contributed by atoms with Gasteiger partial charge in [0, 0.05) is 12.9 Å². The Morgan fingerprint density at radius 1 is 1.24 bits per heavy atom. The Kier molecular flexibility index (Phi) is 5.20. The van der Waals surface area contributed by atoms with E-state index in [1.165, 1.54) is 7.05 Å². The Morgan fingerprint density at radius 2 is 1.82 bits per heavy atom. The van der Waals surface area contributed by atoms with Crippen molar-refractivity contribution in [2.75, 3.05) is 7.05 Å². The molecular formula is C10H9Cl4NO2. The summed E-state index contributed by atoms with van der Waals surface area (Å²) < 4.78 is 5.02. The zero-order valence-corrected chi connectivity index (χ0v) is 12.1. The number of hydrogen-bond donors (Lipinski definition) is 1. The molecule has 1 rings (SSSR count). The summed E-state index contributed by atoms with van der Waals surface area (Å²) in [6.45, 7) is 1.70. The van der Waals surface area contributed by atoms with Gasteiger partial charge in [0.25, 0.3) is 0 Å². The second-order valence-corrected chi connectivity index (χ2v) is 4.55. The lowest BCUT2D eigenvalue weighted by Crippen LogP contribution is -2.22. The summed E-state index contributed by atoms with van der Waals surface area (Å²) in [5.41, 5.74) is 1.17. The topological polar surface area (TPSA) is 38.3 Å². The van der Waals surface area contributed by atoms with E-state index in [-0.39, 0.29) is 26.7 Å². The van der Waals surface area contributed by atoms with Crippen LogP contribution in [0.15, 0.2) is 0 Å². The Balaban J connectivity index is 3.39. The third-order valence-corrected chi connectivity index (χ3v) is 3.79. The van der Waals surface area contributed by atoms with Gasteiger partial charge in [-0.2, -0.15) is 0 Å². The summed E-state index contributed by atoms with van der Waals surface area (Å²) in [7, 11) is 1.44. The number of alkyl halides is 1. The maximum Gasteiger partial charge on any atom is 0.412 e. The molecule has 0 aromatic heterocycles. The second-order valence-electron chi connectivity index (χ2n) is 3.15. The smallest absolute Gasteiger partial charge is 0.408 e. The van der Waals surface area contributed by atoms with Crippen LogP contribution in [0.1, 0.15) is 11.1 Å². The molecule has 0 atom stereocenters. The van der Waals surface area contributed by atoms with Gasteiger partial charge in [-0.25, -0.2) is 4.79 Å². The Labute approximate surface area is 119 Å². The number of halogens is 4. The Hall–Kier alpha value is -0.350. The number of carbonyl (C=O) groups excluding carboxylic acids is 1. The summed E-state index contributed by atoms with van der Waals surface area (Å²) in [5, 5.41) is 2.79. The summed E-state index contributed by atoms with van der Waals surface area (Å²) in [4.78, 5) is 11.2. The average molecular weight is 317 g/mol. The van der Waals surface area contributed by atoms with Gasteiger partial charge >= 0.3 is 6.09 Å². The normalized spacial score (nSPS) is 10.2. The van der Waals surface area contributed by atoms with Crippen LogP contribution in [-0.2, 0) is 5.88 Å². The SMILES string of the molecule is CNC(=O)Oc1c(C)c(CCl)c(Cl)c(Cl)c1Cl. The molecule has 0 aliphatic heterocycles. The van der Waals surface area contributed by atoms with Crippen molar-refractivity contribution in [2.24, 2.45) is 0 Å². The molecule has 0 unspecified atom stereocenters. The third kappa shape index (κ3) is 2.91. The van der Waals surface area contributed by atoms with Crippen molar-refractivity contribution >= 4 is 52.5 Å². The second kappa shape index (κ2) is 6.01. The fourth-order valence-corrected chi connectivity index (χ4v) is 2.45.